The molecular weight excluding hydrogens is 336 g/mol. The first-order valence-electron chi connectivity index (χ1n) is 7.28. The lowest BCUT2D eigenvalue weighted by Gasteiger charge is -2.09. The van der Waals surface area contributed by atoms with Gasteiger partial charge in [0.25, 0.3) is 0 Å². The number of hydrogen-bond acceptors (Lipinski definition) is 2. The van der Waals surface area contributed by atoms with E-state index in [0.29, 0.717) is 16.9 Å². The van der Waals surface area contributed by atoms with E-state index in [1.165, 1.54) is 22.9 Å². The third kappa shape index (κ3) is 2.65. The molecule has 126 valence electrons. The van der Waals surface area contributed by atoms with Crippen LogP contribution in [0.25, 0.3) is 22.7 Å². The Morgan fingerprint density at radius 1 is 0.960 bits per heavy atom. The Bertz CT molecular complexity index is 1050. The molecule has 0 aliphatic rings. The summed E-state index contributed by atoms with van der Waals surface area (Å²) in [4.78, 5) is 7.47. The van der Waals surface area contributed by atoms with E-state index in [0.717, 1.165) is 6.07 Å². The van der Waals surface area contributed by atoms with E-state index in [-0.39, 0.29) is 5.78 Å². The maximum atomic E-state index is 14.1. The Labute approximate surface area is 139 Å². The number of rotatable bonds is 2. The van der Waals surface area contributed by atoms with Gasteiger partial charge in [0, 0.05) is 24.2 Å². The molecule has 0 saturated carbocycles. The molecule has 0 aliphatic heterocycles. The molecule has 0 aliphatic carbocycles. The number of alkyl halides is 3. The molecule has 0 saturated heterocycles. The van der Waals surface area contributed by atoms with Crippen molar-refractivity contribution in [2.24, 2.45) is 0 Å². The van der Waals surface area contributed by atoms with Gasteiger partial charge in [-0.2, -0.15) is 13.2 Å². The van der Waals surface area contributed by atoms with Crippen molar-refractivity contribution >= 4 is 5.78 Å². The van der Waals surface area contributed by atoms with Gasteiger partial charge in [-0.25, -0.2) is 14.4 Å². The van der Waals surface area contributed by atoms with E-state index in [4.69, 9.17) is 0 Å². The monoisotopic (exact) mass is 346 g/mol. The summed E-state index contributed by atoms with van der Waals surface area (Å²) in [6.45, 7) is 0. The molecule has 0 bridgehead atoms. The number of benzene rings is 1. The minimum Gasteiger partial charge on any atom is -0.321 e. The number of fused-ring (bicyclic) bond motifs is 1. The Balaban J connectivity index is 1.84. The van der Waals surface area contributed by atoms with Gasteiger partial charge < -0.3 is 4.57 Å². The lowest BCUT2D eigenvalue weighted by molar-refractivity contribution is -0.141. The molecule has 0 spiro atoms. The normalized spacial score (nSPS) is 12.0. The van der Waals surface area contributed by atoms with Crippen LogP contribution in [0.5, 0.6) is 0 Å². The maximum absolute atomic E-state index is 14.1. The summed E-state index contributed by atoms with van der Waals surface area (Å²) in [6.07, 6.45) is 1.54. The van der Waals surface area contributed by atoms with Crippen molar-refractivity contribution in [3.63, 3.8) is 0 Å². The smallest absolute Gasteiger partial charge is 0.321 e. The highest BCUT2D eigenvalue weighted by atomic mass is 19.4. The highest BCUT2D eigenvalue weighted by Gasteiger charge is 2.33. The van der Waals surface area contributed by atoms with E-state index in [1.807, 2.05) is 0 Å². The number of halogens is 4. The van der Waals surface area contributed by atoms with Crippen LogP contribution in [0.3, 0.4) is 0 Å². The van der Waals surface area contributed by atoms with Crippen LogP contribution in [0.4, 0.5) is 17.6 Å². The number of imidazole rings is 1. The topological polar surface area (TPSA) is 35.1 Å². The molecule has 3 aromatic heterocycles. The zero-order valence-corrected chi connectivity index (χ0v) is 12.6. The van der Waals surface area contributed by atoms with Crippen LogP contribution in [0.2, 0.25) is 0 Å². The molecule has 8 heteroatoms. The highest BCUT2D eigenvalue weighted by Crippen LogP contribution is 2.29. The number of nitrogens with zero attached hydrogens (tertiary/aromatic N) is 4. The Morgan fingerprint density at radius 3 is 2.44 bits per heavy atom. The third-order valence-electron chi connectivity index (χ3n) is 3.79. The highest BCUT2D eigenvalue weighted by molar-refractivity contribution is 5.65. The second-order valence-corrected chi connectivity index (χ2v) is 5.38. The van der Waals surface area contributed by atoms with Gasteiger partial charge in [-0.3, -0.25) is 4.40 Å². The van der Waals surface area contributed by atoms with Crippen LogP contribution in [0.1, 0.15) is 5.69 Å². The summed E-state index contributed by atoms with van der Waals surface area (Å²) in [5, 5.41) is 0. The molecule has 3 heterocycles. The second kappa shape index (κ2) is 5.44. The zero-order valence-electron chi connectivity index (χ0n) is 12.6. The van der Waals surface area contributed by atoms with Crippen molar-refractivity contribution in [1.82, 2.24) is 18.9 Å². The number of hydrogen-bond donors (Lipinski definition) is 0. The van der Waals surface area contributed by atoms with Crippen molar-refractivity contribution in [2.75, 3.05) is 0 Å². The van der Waals surface area contributed by atoms with Gasteiger partial charge in [-0.1, -0.05) is 0 Å². The van der Waals surface area contributed by atoms with Crippen molar-refractivity contribution in [3.8, 4) is 16.9 Å². The lowest BCUT2D eigenvalue weighted by atomic mass is 10.1. The van der Waals surface area contributed by atoms with Gasteiger partial charge in [-0.05, 0) is 36.4 Å². The molecule has 0 N–H and O–H groups in total. The van der Waals surface area contributed by atoms with Gasteiger partial charge in [0.15, 0.2) is 0 Å². The van der Waals surface area contributed by atoms with E-state index in [9.17, 15) is 17.6 Å². The maximum Gasteiger partial charge on any atom is 0.433 e. The summed E-state index contributed by atoms with van der Waals surface area (Å²) in [7, 11) is 0. The molecule has 4 nitrogen and oxygen atoms in total. The standard InChI is InChI=1S/C17H10F4N4/c18-12-4-3-11(9-13(12)24-6-1-2-7-24)14-10-22-16-23-15(17(19,20)21)5-8-25(14)16/h1-10H. The van der Waals surface area contributed by atoms with E-state index >= 15 is 0 Å². The predicted octanol–water partition coefficient (Wildman–Crippen LogP) is 4.34. The summed E-state index contributed by atoms with van der Waals surface area (Å²) in [5.74, 6) is -0.483. The van der Waals surface area contributed by atoms with Crippen molar-refractivity contribution in [1.29, 1.82) is 0 Å². The van der Waals surface area contributed by atoms with Crippen molar-refractivity contribution in [3.05, 3.63) is 72.7 Å². The zero-order chi connectivity index (χ0) is 17.6. The second-order valence-electron chi connectivity index (χ2n) is 5.38. The van der Waals surface area contributed by atoms with Gasteiger partial charge in [0.05, 0.1) is 17.6 Å². The molecule has 4 rings (SSSR count). The molecule has 4 aromatic rings. The predicted molar refractivity (Wildman–Crippen MR) is 82.7 cm³/mol. The fourth-order valence-corrected chi connectivity index (χ4v) is 2.61. The SMILES string of the molecule is Fc1ccc(-c2cnc3nc(C(F)(F)F)ccn23)cc1-n1cccc1. The first-order valence-corrected chi connectivity index (χ1v) is 7.28. The fourth-order valence-electron chi connectivity index (χ4n) is 2.61. The van der Waals surface area contributed by atoms with Crippen LogP contribution in [-0.4, -0.2) is 18.9 Å². The van der Waals surface area contributed by atoms with Gasteiger partial charge in [0.1, 0.15) is 11.5 Å². The summed E-state index contributed by atoms with van der Waals surface area (Å²) < 4.78 is 55.4. The number of aromatic nitrogens is 4. The molecule has 0 amide bonds. The summed E-state index contributed by atoms with van der Waals surface area (Å²) >= 11 is 0. The Morgan fingerprint density at radius 2 is 1.72 bits per heavy atom. The summed E-state index contributed by atoms with van der Waals surface area (Å²) in [6, 6.07) is 8.88. The molecular formula is C17H10F4N4. The Hall–Kier alpha value is -3.16. The van der Waals surface area contributed by atoms with E-state index in [1.54, 1.807) is 41.2 Å². The third-order valence-corrected chi connectivity index (χ3v) is 3.79. The molecule has 1 aromatic carbocycles. The quantitative estimate of drug-likeness (QED) is 0.506. The average molecular weight is 346 g/mol. The first kappa shape index (κ1) is 15.4. The lowest BCUT2D eigenvalue weighted by Crippen LogP contribution is -2.09. The van der Waals surface area contributed by atoms with Crippen LogP contribution in [0, 0.1) is 5.82 Å². The minimum atomic E-state index is -4.54. The Kier molecular flexibility index (Phi) is 3.34. The van der Waals surface area contributed by atoms with Gasteiger partial charge in [-0.15, -0.1) is 0 Å². The van der Waals surface area contributed by atoms with Crippen LogP contribution < -0.4 is 0 Å². The van der Waals surface area contributed by atoms with Crippen LogP contribution in [0.15, 0.2) is 61.2 Å². The largest absolute Gasteiger partial charge is 0.433 e. The fraction of sp³-hybridized carbons (Fsp3) is 0.0588. The van der Waals surface area contributed by atoms with Gasteiger partial charge in [0.2, 0.25) is 5.78 Å². The van der Waals surface area contributed by atoms with E-state index in [2.05, 4.69) is 9.97 Å². The molecule has 25 heavy (non-hydrogen) atoms. The average Bonchev–Trinajstić information content (AvgIpc) is 3.23. The van der Waals surface area contributed by atoms with Crippen molar-refractivity contribution < 1.29 is 17.6 Å². The minimum absolute atomic E-state index is 0.0725. The van der Waals surface area contributed by atoms with Crippen LogP contribution >= 0.6 is 0 Å². The summed E-state index contributed by atoms with van der Waals surface area (Å²) in [5.41, 5.74) is 0.449. The molecule has 0 radical (unpaired) electrons. The van der Waals surface area contributed by atoms with E-state index < -0.39 is 17.7 Å². The van der Waals surface area contributed by atoms with Crippen molar-refractivity contribution in [2.45, 2.75) is 6.18 Å². The molecule has 0 atom stereocenters. The van der Waals surface area contributed by atoms with Gasteiger partial charge >= 0.3 is 6.18 Å². The molecule has 0 fully saturated rings. The molecule has 0 unspecified atom stereocenters. The first-order chi connectivity index (χ1) is 11.9. The van der Waals surface area contributed by atoms with Crippen LogP contribution in [-0.2, 0) is 6.18 Å².